The van der Waals surface area contributed by atoms with Gasteiger partial charge in [-0.05, 0) is 23.6 Å². The maximum Gasteiger partial charge on any atom is 0.411 e. The van der Waals surface area contributed by atoms with E-state index in [0.29, 0.717) is 17.7 Å². The largest absolute Gasteiger partial charge is 0.411 e. The lowest BCUT2D eigenvalue weighted by molar-refractivity contribution is -0.175. The Bertz CT molecular complexity index is 517. The zero-order chi connectivity index (χ0) is 15.5. The Kier molecular flexibility index (Phi) is 4.84. The second kappa shape index (κ2) is 6.44. The van der Waals surface area contributed by atoms with Crippen molar-refractivity contribution in [3.8, 4) is 0 Å². The van der Waals surface area contributed by atoms with Gasteiger partial charge >= 0.3 is 6.18 Å². The minimum absolute atomic E-state index is 0.0382. The Morgan fingerprint density at radius 1 is 1.38 bits per heavy atom. The van der Waals surface area contributed by atoms with Gasteiger partial charge in [0.05, 0.1) is 6.10 Å². The van der Waals surface area contributed by atoms with Crippen LogP contribution in [0.25, 0.3) is 0 Å². The van der Waals surface area contributed by atoms with Crippen LogP contribution in [0.3, 0.4) is 0 Å². The summed E-state index contributed by atoms with van der Waals surface area (Å²) in [5.41, 5.74) is 1.92. The number of ether oxygens (including phenoxy) is 1. The molecule has 1 aromatic carbocycles. The second-order valence-corrected chi connectivity index (χ2v) is 4.89. The Balaban J connectivity index is 1.92. The normalized spacial score (nSPS) is 16.3. The van der Waals surface area contributed by atoms with Crippen molar-refractivity contribution in [3.05, 3.63) is 34.9 Å². The maximum atomic E-state index is 11.9. The lowest BCUT2D eigenvalue weighted by atomic mass is 9.95. The molecule has 1 aliphatic rings. The molecular formula is C14H16F3NO3. The van der Waals surface area contributed by atoms with Crippen molar-refractivity contribution < 1.29 is 27.8 Å². The molecule has 1 heterocycles. The molecule has 0 saturated carbocycles. The first-order valence-electron chi connectivity index (χ1n) is 6.60. The molecule has 0 aliphatic carbocycles. The van der Waals surface area contributed by atoms with Crippen LogP contribution in [0, 0.1) is 0 Å². The number of hydrogen-bond acceptors (Lipinski definition) is 3. The highest BCUT2D eigenvalue weighted by Crippen LogP contribution is 2.23. The van der Waals surface area contributed by atoms with Gasteiger partial charge in [0.15, 0.2) is 0 Å². The standard InChI is InChI=1S/C14H16F3NO3/c15-14(16,17)8-21-6-4-12(19)10-2-1-9-3-5-18-13(20)11(9)7-10/h1-2,7,12,19H,3-6,8H2,(H,18,20). The molecule has 0 radical (unpaired) electrons. The average Bonchev–Trinajstić information content (AvgIpc) is 2.42. The highest BCUT2D eigenvalue weighted by molar-refractivity contribution is 5.96. The van der Waals surface area contributed by atoms with E-state index in [1.54, 1.807) is 18.2 Å². The second-order valence-electron chi connectivity index (χ2n) is 4.89. The number of benzene rings is 1. The number of aliphatic hydroxyl groups is 1. The van der Waals surface area contributed by atoms with Gasteiger partial charge in [-0.2, -0.15) is 13.2 Å². The fourth-order valence-electron chi connectivity index (χ4n) is 2.19. The highest BCUT2D eigenvalue weighted by Gasteiger charge is 2.27. The maximum absolute atomic E-state index is 11.9. The Morgan fingerprint density at radius 2 is 2.14 bits per heavy atom. The molecule has 0 spiro atoms. The fourth-order valence-corrected chi connectivity index (χ4v) is 2.19. The van der Waals surface area contributed by atoms with E-state index in [1.165, 1.54) is 0 Å². The number of carbonyl (C=O) groups excluding carboxylic acids is 1. The molecule has 1 aromatic rings. The Hall–Kier alpha value is -1.60. The van der Waals surface area contributed by atoms with Crippen molar-refractivity contribution in [2.24, 2.45) is 0 Å². The first-order chi connectivity index (χ1) is 9.87. The summed E-state index contributed by atoms with van der Waals surface area (Å²) in [6.45, 7) is -0.949. The molecule has 7 heteroatoms. The molecule has 4 nitrogen and oxygen atoms in total. The number of halogens is 3. The van der Waals surface area contributed by atoms with E-state index >= 15 is 0 Å². The van der Waals surface area contributed by atoms with Gasteiger partial charge in [-0.25, -0.2) is 0 Å². The van der Waals surface area contributed by atoms with Crippen LogP contribution in [0.15, 0.2) is 18.2 Å². The smallest absolute Gasteiger partial charge is 0.388 e. The van der Waals surface area contributed by atoms with Crippen molar-refractivity contribution >= 4 is 5.91 Å². The van der Waals surface area contributed by atoms with Gasteiger partial charge in [0.1, 0.15) is 6.61 Å². The molecule has 2 rings (SSSR count). The predicted molar refractivity (Wildman–Crippen MR) is 68.9 cm³/mol. The molecule has 1 aliphatic heterocycles. The van der Waals surface area contributed by atoms with Gasteiger partial charge in [0.25, 0.3) is 5.91 Å². The lowest BCUT2D eigenvalue weighted by Gasteiger charge is -2.19. The van der Waals surface area contributed by atoms with Crippen molar-refractivity contribution in [2.75, 3.05) is 19.8 Å². The van der Waals surface area contributed by atoms with Crippen LogP contribution in [0.5, 0.6) is 0 Å². The first-order valence-corrected chi connectivity index (χ1v) is 6.60. The van der Waals surface area contributed by atoms with E-state index in [1.807, 2.05) is 0 Å². The zero-order valence-electron chi connectivity index (χ0n) is 11.2. The van der Waals surface area contributed by atoms with Crippen LogP contribution in [0.2, 0.25) is 0 Å². The quantitative estimate of drug-likeness (QED) is 0.818. The Morgan fingerprint density at radius 3 is 2.86 bits per heavy atom. The molecule has 0 saturated heterocycles. The molecule has 0 fully saturated rings. The summed E-state index contributed by atoms with van der Waals surface area (Å²) in [7, 11) is 0. The lowest BCUT2D eigenvalue weighted by Crippen LogP contribution is -2.31. The van der Waals surface area contributed by atoms with E-state index in [0.717, 1.165) is 12.0 Å². The van der Waals surface area contributed by atoms with E-state index in [9.17, 15) is 23.1 Å². The van der Waals surface area contributed by atoms with Crippen LogP contribution < -0.4 is 5.32 Å². The third kappa shape index (κ3) is 4.44. The highest BCUT2D eigenvalue weighted by atomic mass is 19.4. The van der Waals surface area contributed by atoms with E-state index in [2.05, 4.69) is 10.1 Å². The van der Waals surface area contributed by atoms with E-state index in [-0.39, 0.29) is 18.9 Å². The summed E-state index contributed by atoms with van der Waals surface area (Å²) in [5, 5.41) is 12.6. The number of aliphatic hydroxyl groups excluding tert-OH is 1. The number of carbonyl (C=O) groups is 1. The van der Waals surface area contributed by atoms with Crippen LogP contribution in [-0.2, 0) is 11.2 Å². The van der Waals surface area contributed by atoms with Crippen molar-refractivity contribution in [2.45, 2.75) is 25.1 Å². The van der Waals surface area contributed by atoms with Crippen molar-refractivity contribution in [1.82, 2.24) is 5.32 Å². The number of rotatable bonds is 5. The number of fused-ring (bicyclic) bond motifs is 1. The molecule has 2 N–H and O–H groups in total. The van der Waals surface area contributed by atoms with Gasteiger partial charge in [-0.1, -0.05) is 12.1 Å². The first kappa shape index (κ1) is 15.8. The zero-order valence-corrected chi connectivity index (χ0v) is 11.2. The van der Waals surface area contributed by atoms with Crippen LogP contribution in [0.4, 0.5) is 13.2 Å². The summed E-state index contributed by atoms with van der Waals surface area (Å²) < 4.78 is 40.2. The summed E-state index contributed by atoms with van der Waals surface area (Å²) in [6, 6.07) is 5.04. The third-order valence-corrected chi connectivity index (χ3v) is 3.24. The molecular weight excluding hydrogens is 287 g/mol. The van der Waals surface area contributed by atoms with Crippen molar-refractivity contribution in [3.63, 3.8) is 0 Å². The Labute approximate surface area is 119 Å². The van der Waals surface area contributed by atoms with Gasteiger partial charge < -0.3 is 15.2 Å². The summed E-state index contributed by atoms with van der Waals surface area (Å²) in [5.74, 6) is -0.196. The van der Waals surface area contributed by atoms with Gasteiger partial charge in [0, 0.05) is 25.1 Å². The average molecular weight is 303 g/mol. The van der Waals surface area contributed by atoms with Crippen LogP contribution >= 0.6 is 0 Å². The molecule has 1 amide bonds. The van der Waals surface area contributed by atoms with Gasteiger partial charge in [0.2, 0.25) is 0 Å². The molecule has 1 unspecified atom stereocenters. The molecule has 0 aromatic heterocycles. The van der Waals surface area contributed by atoms with Crippen LogP contribution in [0.1, 0.15) is 34.0 Å². The minimum atomic E-state index is -4.37. The third-order valence-electron chi connectivity index (χ3n) is 3.24. The number of amides is 1. The topological polar surface area (TPSA) is 58.6 Å². The SMILES string of the molecule is O=C1NCCc2ccc(C(O)CCOCC(F)(F)F)cc21. The van der Waals surface area contributed by atoms with Crippen LogP contribution in [-0.4, -0.2) is 36.9 Å². The summed E-state index contributed by atoms with van der Waals surface area (Å²) in [4.78, 5) is 11.7. The van der Waals surface area contributed by atoms with Gasteiger partial charge in [-0.15, -0.1) is 0 Å². The molecule has 0 bridgehead atoms. The number of hydrogen-bond donors (Lipinski definition) is 2. The molecule has 1 atom stereocenters. The minimum Gasteiger partial charge on any atom is -0.388 e. The van der Waals surface area contributed by atoms with Gasteiger partial charge in [-0.3, -0.25) is 4.79 Å². The summed E-state index contributed by atoms with van der Waals surface area (Å²) >= 11 is 0. The number of alkyl halides is 3. The fraction of sp³-hybridized carbons (Fsp3) is 0.500. The monoisotopic (exact) mass is 303 g/mol. The molecule has 21 heavy (non-hydrogen) atoms. The molecule has 116 valence electrons. The number of nitrogens with one attached hydrogen (secondary N) is 1. The van der Waals surface area contributed by atoms with Crippen molar-refractivity contribution in [1.29, 1.82) is 0 Å². The van der Waals surface area contributed by atoms with E-state index in [4.69, 9.17) is 0 Å². The predicted octanol–water partition coefficient (Wildman–Crippen LogP) is 1.97. The summed E-state index contributed by atoms with van der Waals surface area (Å²) in [6.07, 6.45) is -4.56. The van der Waals surface area contributed by atoms with E-state index < -0.39 is 18.9 Å².